The summed E-state index contributed by atoms with van der Waals surface area (Å²) >= 11 is 6.11. The molecule has 1 aromatic carbocycles. The molecule has 1 saturated heterocycles. The van der Waals surface area contributed by atoms with Gasteiger partial charge in [-0.1, -0.05) is 30.5 Å². The lowest BCUT2D eigenvalue weighted by Gasteiger charge is -2.44. The highest BCUT2D eigenvalue weighted by molar-refractivity contribution is 6.31. The van der Waals surface area contributed by atoms with Crippen molar-refractivity contribution in [3.63, 3.8) is 0 Å². The number of amides is 1. The lowest BCUT2D eigenvalue weighted by Crippen LogP contribution is -2.61. The molecule has 1 heterocycles. The molecule has 1 spiro atoms. The van der Waals surface area contributed by atoms with E-state index in [1.165, 1.54) is 25.0 Å². The molecule has 0 aromatic heterocycles. The molecule has 2 aliphatic rings. The van der Waals surface area contributed by atoms with Crippen molar-refractivity contribution in [3.8, 4) is 0 Å². The SMILES string of the molecule is O=C1CN(Cc2ccc(F)cc2Cl)C2(CCCC2)CN1. The number of nitrogens with zero attached hydrogens (tertiary/aromatic N) is 1. The van der Waals surface area contributed by atoms with E-state index >= 15 is 0 Å². The number of halogens is 2. The Morgan fingerprint density at radius 3 is 2.80 bits per heavy atom. The molecule has 1 aromatic rings. The molecule has 1 amide bonds. The summed E-state index contributed by atoms with van der Waals surface area (Å²) in [5, 5.41) is 3.42. The Balaban J connectivity index is 1.84. The van der Waals surface area contributed by atoms with Crippen LogP contribution in [0.3, 0.4) is 0 Å². The quantitative estimate of drug-likeness (QED) is 0.910. The summed E-state index contributed by atoms with van der Waals surface area (Å²) in [5.74, 6) is -0.272. The zero-order valence-corrected chi connectivity index (χ0v) is 12.0. The summed E-state index contributed by atoms with van der Waals surface area (Å²) in [6, 6.07) is 4.47. The van der Waals surface area contributed by atoms with Gasteiger partial charge >= 0.3 is 0 Å². The van der Waals surface area contributed by atoms with Crippen LogP contribution >= 0.6 is 11.6 Å². The lowest BCUT2D eigenvalue weighted by molar-refractivity contribution is -0.128. The monoisotopic (exact) mass is 296 g/mol. The number of rotatable bonds is 2. The molecular formula is C15H18ClFN2O. The summed E-state index contributed by atoms with van der Waals surface area (Å²) in [4.78, 5) is 13.9. The first kappa shape index (κ1) is 13.8. The Morgan fingerprint density at radius 2 is 2.10 bits per heavy atom. The van der Waals surface area contributed by atoms with Crippen molar-refractivity contribution in [2.45, 2.75) is 37.8 Å². The Morgan fingerprint density at radius 1 is 1.35 bits per heavy atom. The normalized spacial score (nSPS) is 22.2. The van der Waals surface area contributed by atoms with Gasteiger partial charge < -0.3 is 5.32 Å². The number of carbonyl (C=O) groups excluding carboxylic acids is 1. The van der Waals surface area contributed by atoms with Crippen LogP contribution in [0, 0.1) is 5.82 Å². The Labute approximate surface area is 123 Å². The van der Waals surface area contributed by atoms with E-state index in [1.807, 2.05) is 0 Å². The zero-order chi connectivity index (χ0) is 14.2. The number of hydrogen-bond donors (Lipinski definition) is 1. The molecule has 0 atom stereocenters. The van der Waals surface area contributed by atoms with Crippen LogP contribution in [0.5, 0.6) is 0 Å². The van der Waals surface area contributed by atoms with Gasteiger partial charge in [0, 0.05) is 23.7 Å². The van der Waals surface area contributed by atoms with Gasteiger partial charge in [-0.05, 0) is 30.5 Å². The van der Waals surface area contributed by atoms with Crippen molar-refractivity contribution in [2.75, 3.05) is 13.1 Å². The van der Waals surface area contributed by atoms with E-state index in [0.717, 1.165) is 18.4 Å². The summed E-state index contributed by atoms with van der Waals surface area (Å²) in [7, 11) is 0. The van der Waals surface area contributed by atoms with Gasteiger partial charge in [-0.2, -0.15) is 0 Å². The summed E-state index contributed by atoms with van der Waals surface area (Å²) in [6.07, 6.45) is 4.60. The van der Waals surface area contributed by atoms with Crippen molar-refractivity contribution >= 4 is 17.5 Å². The summed E-state index contributed by atoms with van der Waals surface area (Å²) in [6.45, 7) is 1.71. The van der Waals surface area contributed by atoms with E-state index in [-0.39, 0.29) is 17.3 Å². The van der Waals surface area contributed by atoms with Gasteiger partial charge in [0.25, 0.3) is 0 Å². The molecule has 0 unspecified atom stereocenters. The second kappa shape index (κ2) is 5.34. The van der Waals surface area contributed by atoms with Gasteiger partial charge in [0.15, 0.2) is 0 Å². The van der Waals surface area contributed by atoms with E-state index in [1.54, 1.807) is 6.07 Å². The Bertz CT molecular complexity index is 529. The molecule has 2 fully saturated rings. The van der Waals surface area contributed by atoms with Gasteiger partial charge in [0.1, 0.15) is 5.82 Å². The van der Waals surface area contributed by atoms with Crippen molar-refractivity contribution in [3.05, 3.63) is 34.6 Å². The third kappa shape index (κ3) is 2.54. The molecule has 1 aliphatic carbocycles. The van der Waals surface area contributed by atoms with E-state index in [2.05, 4.69) is 10.2 Å². The maximum atomic E-state index is 13.1. The van der Waals surface area contributed by atoms with Gasteiger partial charge in [0.2, 0.25) is 5.91 Å². The summed E-state index contributed by atoms with van der Waals surface area (Å²) < 4.78 is 13.1. The average molecular weight is 297 g/mol. The largest absolute Gasteiger partial charge is 0.353 e. The molecule has 0 bridgehead atoms. The first-order valence-corrected chi connectivity index (χ1v) is 7.43. The van der Waals surface area contributed by atoms with E-state index in [4.69, 9.17) is 11.6 Å². The molecule has 5 heteroatoms. The molecule has 1 aliphatic heterocycles. The molecule has 0 radical (unpaired) electrons. The van der Waals surface area contributed by atoms with Crippen LogP contribution in [0.15, 0.2) is 18.2 Å². The number of hydrogen-bond acceptors (Lipinski definition) is 2. The van der Waals surface area contributed by atoms with Crippen molar-refractivity contribution < 1.29 is 9.18 Å². The Kier molecular flexibility index (Phi) is 3.69. The average Bonchev–Trinajstić information content (AvgIpc) is 2.87. The van der Waals surface area contributed by atoms with Gasteiger partial charge in [0.05, 0.1) is 6.54 Å². The molecule has 20 heavy (non-hydrogen) atoms. The molecule has 1 N–H and O–H groups in total. The van der Waals surface area contributed by atoms with E-state index < -0.39 is 0 Å². The number of carbonyl (C=O) groups is 1. The molecule has 3 rings (SSSR count). The minimum atomic E-state index is -0.328. The smallest absolute Gasteiger partial charge is 0.234 e. The van der Waals surface area contributed by atoms with Crippen molar-refractivity contribution in [1.29, 1.82) is 0 Å². The van der Waals surface area contributed by atoms with Gasteiger partial charge in [-0.15, -0.1) is 0 Å². The Hall–Kier alpha value is -1.13. The fourth-order valence-electron chi connectivity index (χ4n) is 3.38. The standard InChI is InChI=1S/C15H18ClFN2O/c16-13-7-12(17)4-3-11(13)8-19-9-14(20)18-10-15(19)5-1-2-6-15/h3-4,7H,1-2,5-6,8-10H2,(H,18,20). The topological polar surface area (TPSA) is 32.3 Å². The zero-order valence-electron chi connectivity index (χ0n) is 11.3. The number of benzene rings is 1. The summed E-state index contributed by atoms with van der Waals surface area (Å²) in [5.41, 5.74) is 0.945. The predicted octanol–water partition coefficient (Wildman–Crippen LogP) is 2.72. The fourth-order valence-corrected chi connectivity index (χ4v) is 3.60. The van der Waals surface area contributed by atoms with Crippen LogP contribution in [0.2, 0.25) is 5.02 Å². The minimum Gasteiger partial charge on any atom is -0.353 e. The van der Waals surface area contributed by atoms with Crippen LogP contribution in [-0.2, 0) is 11.3 Å². The highest BCUT2D eigenvalue weighted by atomic mass is 35.5. The van der Waals surface area contributed by atoms with Crippen molar-refractivity contribution in [1.82, 2.24) is 10.2 Å². The van der Waals surface area contributed by atoms with Crippen LogP contribution in [0.4, 0.5) is 4.39 Å². The number of piperazine rings is 1. The van der Waals surface area contributed by atoms with Crippen LogP contribution in [-0.4, -0.2) is 29.4 Å². The second-order valence-corrected chi connectivity index (χ2v) is 6.21. The molecular weight excluding hydrogens is 279 g/mol. The first-order valence-electron chi connectivity index (χ1n) is 7.05. The van der Waals surface area contributed by atoms with Crippen molar-refractivity contribution in [2.24, 2.45) is 0 Å². The van der Waals surface area contributed by atoms with E-state index in [0.29, 0.717) is 24.7 Å². The maximum Gasteiger partial charge on any atom is 0.234 e. The number of nitrogens with one attached hydrogen (secondary N) is 1. The van der Waals surface area contributed by atoms with E-state index in [9.17, 15) is 9.18 Å². The third-order valence-corrected chi connectivity index (χ3v) is 4.88. The maximum absolute atomic E-state index is 13.1. The van der Waals surface area contributed by atoms with Gasteiger partial charge in [-0.25, -0.2) is 4.39 Å². The highest BCUT2D eigenvalue weighted by Crippen LogP contribution is 2.37. The minimum absolute atomic E-state index is 0.0563. The van der Waals surface area contributed by atoms with Crippen LogP contribution in [0.25, 0.3) is 0 Å². The highest BCUT2D eigenvalue weighted by Gasteiger charge is 2.43. The predicted molar refractivity (Wildman–Crippen MR) is 76.0 cm³/mol. The third-order valence-electron chi connectivity index (χ3n) is 4.53. The first-order chi connectivity index (χ1) is 9.59. The van der Waals surface area contributed by atoms with Gasteiger partial charge in [-0.3, -0.25) is 9.69 Å². The van der Waals surface area contributed by atoms with Crippen LogP contribution < -0.4 is 5.32 Å². The van der Waals surface area contributed by atoms with Crippen LogP contribution in [0.1, 0.15) is 31.2 Å². The molecule has 3 nitrogen and oxygen atoms in total. The lowest BCUT2D eigenvalue weighted by atomic mass is 9.92. The fraction of sp³-hybridized carbons (Fsp3) is 0.533. The second-order valence-electron chi connectivity index (χ2n) is 5.80. The molecule has 108 valence electrons. The molecule has 1 saturated carbocycles.